The van der Waals surface area contributed by atoms with Crippen LogP contribution < -0.4 is 14.4 Å². The topological polar surface area (TPSA) is 96.0 Å². The molecule has 1 atom stereocenters. The summed E-state index contributed by atoms with van der Waals surface area (Å²) in [5.74, 6) is -0.165. The van der Waals surface area contributed by atoms with E-state index in [1.54, 1.807) is 56.5 Å². The number of ether oxygens (including phenoxy) is 1. The second kappa shape index (κ2) is 13.9. The van der Waals surface area contributed by atoms with Gasteiger partial charge in [0.1, 0.15) is 18.3 Å². The van der Waals surface area contributed by atoms with Gasteiger partial charge < -0.3 is 15.0 Å². The molecule has 10 heteroatoms. The first-order valence-electron chi connectivity index (χ1n) is 13.5. The molecule has 0 saturated carbocycles. The predicted molar refractivity (Wildman–Crippen MR) is 163 cm³/mol. The second-order valence-corrected chi connectivity index (χ2v) is 12.5. The van der Waals surface area contributed by atoms with Gasteiger partial charge in [-0.05, 0) is 87.7 Å². The Balaban J connectivity index is 2.09. The van der Waals surface area contributed by atoms with Crippen LogP contribution in [0, 0.1) is 13.8 Å². The predicted octanol–water partition coefficient (Wildman–Crippen LogP) is 5.49. The number of aryl methyl sites for hydroxylation is 2. The maximum absolute atomic E-state index is 14.1. The normalized spacial score (nSPS) is 12.1. The lowest BCUT2D eigenvalue weighted by Gasteiger charge is -2.34. The van der Waals surface area contributed by atoms with Crippen LogP contribution in [-0.2, 0) is 26.2 Å². The molecule has 0 radical (unpaired) electrons. The molecule has 0 spiro atoms. The minimum absolute atomic E-state index is 0.0524. The number of hydrogen-bond acceptors (Lipinski definition) is 5. The maximum Gasteiger partial charge on any atom is 0.264 e. The van der Waals surface area contributed by atoms with E-state index in [4.69, 9.17) is 16.3 Å². The van der Waals surface area contributed by atoms with Gasteiger partial charge in [-0.1, -0.05) is 48.4 Å². The van der Waals surface area contributed by atoms with Gasteiger partial charge in [-0.2, -0.15) is 0 Å². The fourth-order valence-electron chi connectivity index (χ4n) is 4.48. The fraction of sp³-hybridized carbons (Fsp3) is 0.355. The quantitative estimate of drug-likeness (QED) is 0.297. The Labute approximate surface area is 248 Å². The Morgan fingerprint density at radius 2 is 1.61 bits per heavy atom. The molecule has 0 aliphatic heterocycles. The highest BCUT2D eigenvalue weighted by Crippen LogP contribution is 2.30. The summed E-state index contributed by atoms with van der Waals surface area (Å²) in [6.45, 7) is 8.71. The Bertz CT molecular complexity index is 1460. The van der Waals surface area contributed by atoms with Crippen molar-refractivity contribution in [1.29, 1.82) is 0 Å². The smallest absolute Gasteiger partial charge is 0.264 e. The summed E-state index contributed by atoms with van der Waals surface area (Å²) < 4.78 is 34.4. The van der Waals surface area contributed by atoms with E-state index in [2.05, 4.69) is 5.32 Å². The zero-order chi connectivity index (χ0) is 30.3. The molecule has 0 fully saturated rings. The van der Waals surface area contributed by atoms with Gasteiger partial charge in [0, 0.05) is 17.6 Å². The lowest BCUT2D eigenvalue weighted by atomic mass is 10.1. The van der Waals surface area contributed by atoms with Crippen LogP contribution in [0.4, 0.5) is 5.69 Å². The number of rotatable bonds is 12. The summed E-state index contributed by atoms with van der Waals surface area (Å²) in [5.41, 5.74) is 2.59. The highest BCUT2D eigenvalue weighted by molar-refractivity contribution is 7.92. The third kappa shape index (κ3) is 8.01. The van der Waals surface area contributed by atoms with Crippen molar-refractivity contribution in [3.05, 3.63) is 88.4 Å². The SMILES string of the molecule is CC[C@@H](C(=O)NC(C)C)N(Cc1ccc(OC)cc1)C(=O)CN(c1ccc(Cl)cc1C)S(=O)(=O)c1ccc(C)cc1. The van der Waals surface area contributed by atoms with Crippen LogP contribution in [0.25, 0.3) is 0 Å². The number of nitrogens with zero attached hydrogens (tertiary/aromatic N) is 2. The van der Waals surface area contributed by atoms with E-state index < -0.39 is 28.5 Å². The molecule has 41 heavy (non-hydrogen) atoms. The van der Waals surface area contributed by atoms with Crippen molar-refractivity contribution in [2.75, 3.05) is 18.0 Å². The van der Waals surface area contributed by atoms with Crippen LogP contribution in [0.2, 0.25) is 5.02 Å². The maximum atomic E-state index is 14.1. The van der Waals surface area contributed by atoms with Crippen LogP contribution in [0.5, 0.6) is 5.75 Å². The van der Waals surface area contributed by atoms with Crippen LogP contribution in [0.3, 0.4) is 0 Å². The Hall–Kier alpha value is -3.56. The number of nitrogens with one attached hydrogen (secondary N) is 1. The lowest BCUT2D eigenvalue weighted by Crippen LogP contribution is -2.53. The van der Waals surface area contributed by atoms with Crippen molar-refractivity contribution in [3.63, 3.8) is 0 Å². The van der Waals surface area contributed by atoms with Gasteiger partial charge in [-0.3, -0.25) is 13.9 Å². The summed E-state index contributed by atoms with van der Waals surface area (Å²) in [6, 6.07) is 17.5. The molecule has 3 rings (SSSR count). The third-order valence-corrected chi connectivity index (χ3v) is 8.65. The summed E-state index contributed by atoms with van der Waals surface area (Å²) in [5, 5.41) is 3.34. The van der Waals surface area contributed by atoms with Crippen molar-refractivity contribution in [1.82, 2.24) is 10.2 Å². The van der Waals surface area contributed by atoms with Crippen molar-refractivity contribution in [2.24, 2.45) is 0 Å². The van der Waals surface area contributed by atoms with E-state index in [0.29, 0.717) is 28.4 Å². The highest BCUT2D eigenvalue weighted by Gasteiger charge is 2.34. The molecule has 1 N–H and O–H groups in total. The minimum Gasteiger partial charge on any atom is -0.497 e. The van der Waals surface area contributed by atoms with Crippen LogP contribution in [0.1, 0.15) is 43.9 Å². The monoisotopic (exact) mass is 599 g/mol. The number of sulfonamides is 1. The molecule has 3 aromatic rings. The zero-order valence-corrected chi connectivity index (χ0v) is 25.9. The number of amides is 2. The first kappa shape index (κ1) is 32.0. The van der Waals surface area contributed by atoms with Crippen molar-refractivity contribution in [3.8, 4) is 5.75 Å². The summed E-state index contributed by atoms with van der Waals surface area (Å²) >= 11 is 6.18. The summed E-state index contributed by atoms with van der Waals surface area (Å²) in [6.07, 6.45) is 0.338. The van der Waals surface area contributed by atoms with Gasteiger partial charge >= 0.3 is 0 Å². The first-order valence-corrected chi connectivity index (χ1v) is 15.3. The number of hydrogen-bond donors (Lipinski definition) is 1. The zero-order valence-electron chi connectivity index (χ0n) is 24.3. The number of carbonyl (C=O) groups excluding carboxylic acids is 2. The van der Waals surface area contributed by atoms with Gasteiger partial charge in [0.15, 0.2) is 0 Å². The molecule has 0 aliphatic carbocycles. The first-order chi connectivity index (χ1) is 19.4. The largest absolute Gasteiger partial charge is 0.497 e. The minimum atomic E-state index is -4.16. The molecule has 8 nitrogen and oxygen atoms in total. The Kier molecular flexibility index (Phi) is 10.8. The molecular formula is C31H38ClN3O5S. The number of carbonyl (C=O) groups is 2. The van der Waals surface area contributed by atoms with Crippen LogP contribution in [-0.4, -0.2) is 50.9 Å². The highest BCUT2D eigenvalue weighted by atomic mass is 35.5. The third-order valence-electron chi connectivity index (χ3n) is 6.64. The van der Waals surface area contributed by atoms with E-state index in [1.165, 1.54) is 17.0 Å². The van der Waals surface area contributed by atoms with Gasteiger partial charge in [0.2, 0.25) is 11.8 Å². The van der Waals surface area contributed by atoms with Crippen molar-refractivity contribution < 1.29 is 22.7 Å². The van der Waals surface area contributed by atoms with E-state index >= 15 is 0 Å². The number of halogens is 1. The fourth-order valence-corrected chi connectivity index (χ4v) is 6.18. The second-order valence-electron chi connectivity index (χ2n) is 10.2. The van der Waals surface area contributed by atoms with E-state index in [0.717, 1.165) is 15.4 Å². The Morgan fingerprint density at radius 1 is 0.976 bits per heavy atom. The summed E-state index contributed by atoms with van der Waals surface area (Å²) in [4.78, 5) is 28.9. The average Bonchev–Trinajstić information content (AvgIpc) is 2.92. The van der Waals surface area contributed by atoms with Gasteiger partial charge in [-0.25, -0.2) is 8.42 Å². The van der Waals surface area contributed by atoms with E-state index in [1.807, 2.05) is 39.8 Å². The average molecular weight is 600 g/mol. The molecule has 0 heterocycles. The van der Waals surface area contributed by atoms with E-state index in [9.17, 15) is 18.0 Å². The standard InChI is InChI=1S/C31H38ClN3O5S/c1-7-28(31(37)33-21(2)3)34(19-24-10-13-26(40-6)14-11-24)30(36)20-35(29-17-12-25(32)18-23(29)5)41(38,39)27-15-8-22(4)9-16-27/h8-18,21,28H,7,19-20H2,1-6H3,(H,33,37)/t28-/m0/s1. The number of anilines is 1. The molecule has 0 unspecified atom stereocenters. The molecule has 220 valence electrons. The van der Waals surface area contributed by atoms with Crippen molar-refractivity contribution >= 4 is 39.1 Å². The molecular weight excluding hydrogens is 562 g/mol. The molecule has 3 aromatic carbocycles. The molecule has 0 aromatic heterocycles. The number of methoxy groups -OCH3 is 1. The lowest BCUT2D eigenvalue weighted by molar-refractivity contribution is -0.140. The van der Waals surface area contributed by atoms with Crippen LogP contribution >= 0.6 is 11.6 Å². The molecule has 0 bridgehead atoms. The van der Waals surface area contributed by atoms with Gasteiger partial charge in [0.05, 0.1) is 17.7 Å². The van der Waals surface area contributed by atoms with Crippen LogP contribution in [0.15, 0.2) is 71.6 Å². The van der Waals surface area contributed by atoms with Crippen molar-refractivity contribution in [2.45, 2.75) is 64.6 Å². The number of benzene rings is 3. The van der Waals surface area contributed by atoms with Gasteiger partial charge in [-0.15, -0.1) is 0 Å². The molecule has 2 amide bonds. The molecule has 0 saturated heterocycles. The molecule has 0 aliphatic rings. The van der Waals surface area contributed by atoms with Gasteiger partial charge in [0.25, 0.3) is 10.0 Å². The Morgan fingerprint density at radius 3 is 2.15 bits per heavy atom. The van der Waals surface area contributed by atoms with E-state index in [-0.39, 0.29) is 23.4 Å². The summed E-state index contributed by atoms with van der Waals surface area (Å²) in [7, 11) is -2.60.